The van der Waals surface area contributed by atoms with E-state index in [-0.39, 0.29) is 13.4 Å². The predicted molar refractivity (Wildman–Crippen MR) is 109 cm³/mol. The molecule has 0 saturated carbocycles. The Morgan fingerprint density at radius 2 is 1.50 bits per heavy atom. The molecule has 8 heteroatoms. The minimum atomic E-state index is -1.13. The Hall–Kier alpha value is -2.97. The maximum atomic E-state index is 12.8. The molecule has 0 spiro atoms. The topological polar surface area (TPSA) is 81.7 Å². The van der Waals surface area contributed by atoms with Gasteiger partial charge in [0.25, 0.3) is 0 Å². The second-order valence-electron chi connectivity index (χ2n) is 6.05. The summed E-state index contributed by atoms with van der Waals surface area (Å²) in [4.78, 5) is 12.8. The monoisotopic (exact) mass is 420 g/mol. The molecule has 30 heavy (non-hydrogen) atoms. The predicted octanol–water partition coefficient (Wildman–Crippen LogP) is 3.38. The SMILES string of the molecule is CCOC(=O)[C@H](Oc1ccccc1OC)[C@H](OCOC)c1ccc(OC)c(OC)c1. The summed E-state index contributed by atoms with van der Waals surface area (Å²) < 4.78 is 38.2. The highest BCUT2D eigenvalue weighted by Crippen LogP contribution is 2.35. The van der Waals surface area contributed by atoms with E-state index in [1.54, 1.807) is 56.5 Å². The maximum Gasteiger partial charge on any atom is 0.350 e. The molecule has 164 valence electrons. The van der Waals surface area contributed by atoms with Gasteiger partial charge in [-0.15, -0.1) is 0 Å². The first-order chi connectivity index (χ1) is 14.6. The van der Waals surface area contributed by atoms with Gasteiger partial charge in [-0.1, -0.05) is 18.2 Å². The smallest absolute Gasteiger partial charge is 0.350 e. The fourth-order valence-corrected chi connectivity index (χ4v) is 2.84. The van der Waals surface area contributed by atoms with Crippen LogP contribution in [-0.4, -0.2) is 53.9 Å². The van der Waals surface area contributed by atoms with Crippen LogP contribution in [0.1, 0.15) is 18.6 Å². The van der Waals surface area contributed by atoms with Crippen LogP contribution < -0.4 is 18.9 Å². The minimum absolute atomic E-state index is 0.0653. The molecule has 0 unspecified atom stereocenters. The fourth-order valence-electron chi connectivity index (χ4n) is 2.84. The van der Waals surface area contributed by atoms with Crippen molar-refractivity contribution in [3.63, 3.8) is 0 Å². The van der Waals surface area contributed by atoms with Crippen molar-refractivity contribution in [2.75, 3.05) is 41.8 Å². The van der Waals surface area contributed by atoms with Crippen molar-refractivity contribution in [3.05, 3.63) is 48.0 Å². The van der Waals surface area contributed by atoms with E-state index in [2.05, 4.69) is 0 Å². The summed E-state index contributed by atoms with van der Waals surface area (Å²) in [5, 5.41) is 0. The molecule has 0 bridgehead atoms. The Morgan fingerprint density at radius 3 is 2.10 bits per heavy atom. The van der Waals surface area contributed by atoms with Gasteiger partial charge in [-0.05, 0) is 36.8 Å². The highest BCUT2D eigenvalue weighted by molar-refractivity contribution is 5.76. The number of hydrogen-bond donors (Lipinski definition) is 0. The molecule has 8 nitrogen and oxygen atoms in total. The van der Waals surface area contributed by atoms with E-state index in [1.807, 2.05) is 0 Å². The van der Waals surface area contributed by atoms with Crippen LogP contribution in [0.3, 0.4) is 0 Å². The van der Waals surface area contributed by atoms with E-state index < -0.39 is 18.2 Å². The Balaban J connectivity index is 2.49. The van der Waals surface area contributed by atoms with Crippen molar-refractivity contribution in [1.29, 1.82) is 0 Å². The molecule has 0 fully saturated rings. The van der Waals surface area contributed by atoms with Gasteiger partial charge in [0.15, 0.2) is 23.0 Å². The number of hydrogen-bond acceptors (Lipinski definition) is 8. The van der Waals surface area contributed by atoms with Gasteiger partial charge in [0.2, 0.25) is 6.10 Å². The highest BCUT2D eigenvalue weighted by atomic mass is 16.7. The molecule has 0 aliphatic rings. The number of para-hydroxylation sites is 2. The molecule has 0 heterocycles. The van der Waals surface area contributed by atoms with Gasteiger partial charge in [-0.25, -0.2) is 4.79 Å². The summed E-state index contributed by atoms with van der Waals surface area (Å²) >= 11 is 0. The number of benzene rings is 2. The minimum Gasteiger partial charge on any atom is -0.493 e. The molecule has 0 aliphatic carbocycles. The Labute approximate surface area is 176 Å². The zero-order valence-electron chi connectivity index (χ0n) is 17.9. The molecule has 0 amide bonds. The van der Waals surface area contributed by atoms with Crippen LogP contribution in [0, 0.1) is 0 Å². The van der Waals surface area contributed by atoms with E-state index in [0.717, 1.165) is 0 Å². The highest BCUT2D eigenvalue weighted by Gasteiger charge is 2.35. The van der Waals surface area contributed by atoms with Crippen LogP contribution in [0.4, 0.5) is 0 Å². The van der Waals surface area contributed by atoms with E-state index in [9.17, 15) is 4.79 Å². The molecule has 0 radical (unpaired) electrons. The number of esters is 1. The van der Waals surface area contributed by atoms with Crippen molar-refractivity contribution in [2.45, 2.75) is 19.1 Å². The van der Waals surface area contributed by atoms with Crippen LogP contribution in [0.5, 0.6) is 23.0 Å². The second-order valence-corrected chi connectivity index (χ2v) is 6.05. The van der Waals surface area contributed by atoms with Crippen LogP contribution >= 0.6 is 0 Å². The molecule has 2 aromatic rings. The normalized spacial score (nSPS) is 12.6. The van der Waals surface area contributed by atoms with Gasteiger partial charge < -0.3 is 33.2 Å². The van der Waals surface area contributed by atoms with E-state index in [4.69, 9.17) is 33.2 Å². The lowest BCUT2D eigenvalue weighted by Gasteiger charge is -2.27. The van der Waals surface area contributed by atoms with Crippen LogP contribution in [0.2, 0.25) is 0 Å². The number of carbonyl (C=O) groups excluding carboxylic acids is 1. The summed E-state index contributed by atoms with van der Waals surface area (Å²) in [6.07, 6.45) is -1.98. The van der Waals surface area contributed by atoms with Gasteiger partial charge in [0, 0.05) is 7.11 Å². The van der Waals surface area contributed by atoms with Crippen molar-refractivity contribution in [3.8, 4) is 23.0 Å². The average molecular weight is 420 g/mol. The quantitative estimate of drug-likeness (QED) is 0.382. The largest absolute Gasteiger partial charge is 0.493 e. The summed E-state index contributed by atoms with van der Waals surface area (Å²) in [5.74, 6) is 1.31. The zero-order chi connectivity index (χ0) is 21.9. The average Bonchev–Trinajstić information content (AvgIpc) is 2.78. The molecular formula is C22H28O8. The number of carbonyl (C=O) groups is 1. The lowest BCUT2D eigenvalue weighted by Crippen LogP contribution is -2.37. The lowest BCUT2D eigenvalue weighted by atomic mass is 10.0. The summed E-state index contributed by atoms with van der Waals surface area (Å²) in [6, 6.07) is 12.2. The molecular weight excluding hydrogens is 392 g/mol. The van der Waals surface area contributed by atoms with Gasteiger partial charge in [0.1, 0.15) is 12.9 Å². The molecule has 0 aromatic heterocycles. The first-order valence-electron chi connectivity index (χ1n) is 9.38. The molecule has 2 aromatic carbocycles. The third-order valence-corrected chi connectivity index (χ3v) is 4.22. The molecule has 0 N–H and O–H groups in total. The Morgan fingerprint density at radius 1 is 0.867 bits per heavy atom. The van der Waals surface area contributed by atoms with Crippen molar-refractivity contribution in [1.82, 2.24) is 0 Å². The third kappa shape index (κ3) is 5.77. The first-order valence-corrected chi connectivity index (χ1v) is 9.38. The van der Waals surface area contributed by atoms with Crippen molar-refractivity contribution < 1.29 is 38.0 Å². The van der Waals surface area contributed by atoms with Crippen molar-refractivity contribution in [2.24, 2.45) is 0 Å². The second kappa shape index (κ2) is 11.9. The van der Waals surface area contributed by atoms with E-state index in [0.29, 0.717) is 28.6 Å². The van der Waals surface area contributed by atoms with Gasteiger partial charge in [-0.3, -0.25) is 0 Å². The maximum absolute atomic E-state index is 12.8. The third-order valence-electron chi connectivity index (χ3n) is 4.22. The Kier molecular flexibility index (Phi) is 9.24. The molecule has 0 aliphatic heterocycles. The number of rotatable bonds is 12. The molecule has 2 atom stereocenters. The molecule has 2 rings (SSSR count). The lowest BCUT2D eigenvalue weighted by molar-refractivity contribution is -0.166. The zero-order valence-corrected chi connectivity index (χ0v) is 17.9. The van der Waals surface area contributed by atoms with Gasteiger partial charge in [0.05, 0.1) is 27.9 Å². The summed E-state index contributed by atoms with van der Waals surface area (Å²) in [7, 11) is 6.09. The Bertz CT molecular complexity index is 807. The number of methoxy groups -OCH3 is 4. The van der Waals surface area contributed by atoms with Gasteiger partial charge >= 0.3 is 5.97 Å². The molecule has 0 saturated heterocycles. The summed E-state index contributed by atoms with van der Waals surface area (Å²) in [5.41, 5.74) is 0.623. The van der Waals surface area contributed by atoms with Crippen LogP contribution in [-0.2, 0) is 19.0 Å². The number of ether oxygens (including phenoxy) is 7. The van der Waals surface area contributed by atoms with Crippen LogP contribution in [0.15, 0.2) is 42.5 Å². The van der Waals surface area contributed by atoms with Crippen LogP contribution in [0.25, 0.3) is 0 Å². The standard InChI is InChI=1S/C22H28O8/c1-6-28-22(23)21(30-18-10-8-7-9-16(18)25-3)20(29-14-24-2)15-11-12-17(26-4)19(13-15)27-5/h7-13,20-21H,6,14H2,1-5H3/t20-,21-/m1/s1. The fraction of sp³-hybridized carbons (Fsp3) is 0.409. The van der Waals surface area contributed by atoms with Gasteiger partial charge in [-0.2, -0.15) is 0 Å². The first kappa shape index (κ1) is 23.3. The van der Waals surface area contributed by atoms with E-state index in [1.165, 1.54) is 21.3 Å². The summed E-state index contributed by atoms with van der Waals surface area (Å²) in [6.45, 7) is 1.84. The van der Waals surface area contributed by atoms with E-state index >= 15 is 0 Å². The van der Waals surface area contributed by atoms with Crippen molar-refractivity contribution >= 4 is 5.97 Å².